The second-order valence-electron chi connectivity index (χ2n) is 21.8. The summed E-state index contributed by atoms with van der Waals surface area (Å²) >= 11 is 0. The van der Waals surface area contributed by atoms with E-state index in [4.69, 9.17) is 13.8 Å². The molecule has 11 aromatic carbocycles. The van der Waals surface area contributed by atoms with E-state index in [-0.39, 0.29) is 10.8 Å². The van der Waals surface area contributed by atoms with Crippen LogP contribution in [0.15, 0.2) is 233 Å². The predicted molar refractivity (Wildman–Crippen MR) is 316 cm³/mol. The largest absolute Gasteiger partial charge is 0.454 e. The van der Waals surface area contributed by atoms with Crippen LogP contribution in [-0.4, -0.2) is 4.98 Å². The molecule has 0 unspecified atom stereocenters. The zero-order chi connectivity index (χ0) is 50.6. The molecule has 3 heterocycles. The normalized spacial score (nSPS) is 14.0. The summed E-state index contributed by atoms with van der Waals surface area (Å²) in [5, 5.41) is 11.0. The average molecular weight is 976 g/mol. The third-order valence-electron chi connectivity index (χ3n) is 17.1. The van der Waals surface area contributed by atoms with Gasteiger partial charge in [-0.25, -0.2) is 4.98 Å². The van der Waals surface area contributed by atoms with Crippen LogP contribution < -0.4 is 9.80 Å². The number of para-hydroxylation sites is 3. The number of anilines is 6. The van der Waals surface area contributed by atoms with Gasteiger partial charge in [-0.15, -0.1) is 0 Å². The number of pyridine rings is 1. The molecule has 5 nitrogen and oxygen atoms in total. The Morgan fingerprint density at radius 2 is 0.750 bits per heavy atom. The minimum absolute atomic E-state index is 0.204. The molecule has 3 aromatic heterocycles. The van der Waals surface area contributed by atoms with Gasteiger partial charge in [0, 0.05) is 60.7 Å². The van der Waals surface area contributed by atoms with Gasteiger partial charge in [-0.1, -0.05) is 179 Å². The topological polar surface area (TPSA) is 45.7 Å². The second-order valence-corrected chi connectivity index (χ2v) is 21.8. The summed E-state index contributed by atoms with van der Waals surface area (Å²) in [4.78, 5) is 9.61. The molecule has 0 saturated heterocycles. The van der Waals surface area contributed by atoms with Crippen molar-refractivity contribution < 1.29 is 8.83 Å². The summed E-state index contributed by atoms with van der Waals surface area (Å²) < 4.78 is 13.8. The van der Waals surface area contributed by atoms with Crippen LogP contribution in [0, 0.1) is 0 Å². The molecule has 0 amide bonds. The van der Waals surface area contributed by atoms with Gasteiger partial charge in [0.15, 0.2) is 11.2 Å². The van der Waals surface area contributed by atoms with Crippen LogP contribution >= 0.6 is 0 Å². The van der Waals surface area contributed by atoms with E-state index < -0.39 is 0 Å². The van der Waals surface area contributed by atoms with Gasteiger partial charge >= 0.3 is 0 Å². The molecule has 0 N–H and O–H groups in total. The molecule has 0 spiro atoms. The van der Waals surface area contributed by atoms with Gasteiger partial charge < -0.3 is 18.6 Å². The fourth-order valence-electron chi connectivity index (χ4n) is 13.5. The van der Waals surface area contributed by atoms with Gasteiger partial charge in [-0.3, -0.25) is 0 Å². The molecule has 0 atom stereocenters. The van der Waals surface area contributed by atoms with Crippen molar-refractivity contribution in [1.82, 2.24) is 4.98 Å². The number of hydrogen-bond donors (Lipinski definition) is 0. The summed E-state index contributed by atoms with van der Waals surface area (Å²) in [6.07, 6.45) is 1.81. The Hall–Kier alpha value is -9.45. The van der Waals surface area contributed by atoms with Crippen LogP contribution in [0.1, 0.15) is 49.9 Å². The van der Waals surface area contributed by atoms with E-state index in [1.54, 1.807) is 6.20 Å². The van der Waals surface area contributed by atoms with E-state index in [0.29, 0.717) is 5.71 Å². The van der Waals surface area contributed by atoms with E-state index in [1.807, 2.05) is 6.07 Å². The lowest BCUT2D eigenvalue weighted by Gasteiger charge is -2.31. The standard InChI is InChI=1S/C71H49N3O2/c1-70(2)58-28-12-9-20-46(58)48-35-33-42(38-60(48)70)73(62-30-15-25-53-52-24-11-14-32-66(52)75-67(53)62)64-40-56-45-19-6-8-23-51(45)65(41-57(56)44-18-5-7-22-50(44)64)74(63-31-16-26-54-55-27-17-37-72-69(55)76-68(54)63)43-34-36-49-47-21-10-13-29-59(47)71(3,4)61(49)39-43/h5-41H,1-4H3. The maximum absolute atomic E-state index is 6.94. The van der Waals surface area contributed by atoms with Gasteiger partial charge in [0.25, 0.3) is 0 Å². The summed E-state index contributed by atoms with van der Waals surface area (Å²) in [5.74, 6) is 0. The first-order chi connectivity index (χ1) is 37.2. The molecule has 2 aliphatic rings. The van der Waals surface area contributed by atoms with Crippen molar-refractivity contribution in [3.63, 3.8) is 0 Å². The zero-order valence-corrected chi connectivity index (χ0v) is 42.5. The number of nitrogens with zero attached hydrogens (tertiary/aromatic N) is 3. The maximum atomic E-state index is 6.94. The first-order valence-electron chi connectivity index (χ1n) is 26.4. The number of fused-ring (bicyclic) bond motifs is 17. The Morgan fingerprint density at radius 3 is 1.32 bits per heavy atom. The minimum atomic E-state index is -0.210. The Bertz CT molecular complexity index is 4500. The zero-order valence-electron chi connectivity index (χ0n) is 42.5. The quantitative estimate of drug-likeness (QED) is 0.155. The molecule has 76 heavy (non-hydrogen) atoms. The Balaban J connectivity index is 0.984. The van der Waals surface area contributed by atoms with Crippen LogP contribution in [0.3, 0.4) is 0 Å². The molecule has 0 radical (unpaired) electrons. The lowest BCUT2D eigenvalue weighted by Crippen LogP contribution is -2.17. The summed E-state index contributed by atoms with van der Waals surface area (Å²) in [6, 6.07) is 80.2. The first kappa shape index (κ1) is 43.0. The van der Waals surface area contributed by atoms with Gasteiger partial charge in [0.2, 0.25) is 5.71 Å². The molecule has 14 aromatic rings. The molecule has 0 aliphatic heterocycles. The number of hydrogen-bond acceptors (Lipinski definition) is 5. The fourth-order valence-corrected chi connectivity index (χ4v) is 13.5. The Labute approximate surface area is 439 Å². The van der Waals surface area contributed by atoms with Crippen LogP contribution in [0.5, 0.6) is 0 Å². The third-order valence-corrected chi connectivity index (χ3v) is 17.1. The smallest absolute Gasteiger partial charge is 0.227 e. The molecule has 0 bridgehead atoms. The highest BCUT2D eigenvalue weighted by molar-refractivity contribution is 6.25. The number of furan rings is 2. The highest BCUT2D eigenvalue weighted by atomic mass is 16.3. The maximum Gasteiger partial charge on any atom is 0.227 e. The average Bonchev–Trinajstić information content (AvgIpc) is 4.30. The molecule has 2 aliphatic carbocycles. The number of benzene rings is 11. The van der Waals surface area contributed by atoms with Crippen molar-refractivity contribution in [1.29, 1.82) is 0 Å². The lowest BCUT2D eigenvalue weighted by atomic mass is 9.82. The van der Waals surface area contributed by atoms with Gasteiger partial charge in [-0.2, -0.15) is 0 Å². The van der Waals surface area contributed by atoms with Crippen molar-refractivity contribution in [2.24, 2.45) is 0 Å². The molecule has 16 rings (SSSR count). The van der Waals surface area contributed by atoms with E-state index in [9.17, 15) is 0 Å². The van der Waals surface area contributed by atoms with Crippen molar-refractivity contribution in [2.75, 3.05) is 9.80 Å². The molecular formula is C71H49N3O2. The number of rotatable bonds is 6. The van der Waals surface area contributed by atoms with Crippen molar-refractivity contribution in [3.8, 4) is 22.3 Å². The first-order valence-corrected chi connectivity index (χ1v) is 26.4. The minimum Gasteiger partial charge on any atom is -0.454 e. The molecule has 0 saturated carbocycles. The number of aromatic nitrogens is 1. The molecule has 5 heteroatoms. The lowest BCUT2D eigenvalue weighted by molar-refractivity contribution is 0.654. The predicted octanol–water partition coefficient (Wildman–Crippen LogP) is 19.9. The fraction of sp³-hybridized carbons (Fsp3) is 0.0845. The summed E-state index contributed by atoms with van der Waals surface area (Å²) in [6.45, 7) is 9.43. The van der Waals surface area contributed by atoms with Crippen molar-refractivity contribution >= 4 is 110 Å². The van der Waals surface area contributed by atoms with E-state index in [0.717, 1.165) is 105 Å². The molecule has 360 valence electrons. The van der Waals surface area contributed by atoms with Gasteiger partial charge in [0.05, 0.1) is 22.7 Å². The summed E-state index contributed by atoms with van der Waals surface area (Å²) in [5.41, 5.74) is 19.3. The van der Waals surface area contributed by atoms with Gasteiger partial charge in [0.1, 0.15) is 5.58 Å². The Kier molecular flexibility index (Phi) is 8.80. The molecular weight excluding hydrogens is 927 g/mol. The van der Waals surface area contributed by atoms with E-state index in [1.165, 1.54) is 44.5 Å². The SMILES string of the molecule is CC1(C)c2ccccc2-c2ccc(N(c3cc4c5ccccc5c(N(c5ccc6c(c5)C(C)(C)c5ccccc5-6)c5cccc6c5oc5ncccc56)cc4c4ccccc34)c3cccc4c3oc3ccccc34)cc21. The van der Waals surface area contributed by atoms with Crippen LogP contribution in [-0.2, 0) is 10.8 Å². The summed E-state index contributed by atoms with van der Waals surface area (Å²) in [7, 11) is 0. The van der Waals surface area contributed by atoms with E-state index >= 15 is 0 Å². The monoisotopic (exact) mass is 975 g/mol. The highest BCUT2D eigenvalue weighted by Gasteiger charge is 2.38. The van der Waals surface area contributed by atoms with Crippen molar-refractivity contribution in [2.45, 2.75) is 38.5 Å². The molecule has 0 fully saturated rings. The van der Waals surface area contributed by atoms with Crippen LogP contribution in [0.2, 0.25) is 0 Å². The Morgan fingerprint density at radius 1 is 0.316 bits per heavy atom. The highest BCUT2D eigenvalue weighted by Crippen LogP contribution is 2.55. The van der Waals surface area contributed by atoms with Crippen LogP contribution in [0.25, 0.3) is 98.6 Å². The third kappa shape index (κ3) is 5.88. The van der Waals surface area contributed by atoms with E-state index in [2.05, 4.69) is 250 Å². The van der Waals surface area contributed by atoms with Crippen LogP contribution in [0.4, 0.5) is 34.1 Å². The van der Waals surface area contributed by atoms with Crippen molar-refractivity contribution in [3.05, 3.63) is 247 Å². The van der Waals surface area contributed by atoms with Gasteiger partial charge in [-0.05, 0) is 133 Å². The second kappa shape index (κ2) is 15.5.